The van der Waals surface area contributed by atoms with Gasteiger partial charge >= 0.3 is 0 Å². The van der Waals surface area contributed by atoms with Gasteiger partial charge in [-0.15, -0.1) is 18.2 Å². The molecule has 2 heteroatoms. The van der Waals surface area contributed by atoms with Crippen LogP contribution in [0.25, 0.3) is 0 Å². The van der Waals surface area contributed by atoms with Gasteiger partial charge in [0.1, 0.15) is 0 Å². The third kappa shape index (κ3) is 6.55. The van der Waals surface area contributed by atoms with E-state index >= 15 is 0 Å². The van der Waals surface area contributed by atoms with Gasteiger partial charge in [-0.1, -0.05) is 36.3 Å². The Morgan fingerprint density at radius 3 is 2.75 bits per heavy atom. The first-order valence-corrected chi connectivity index (χ1v) is 6.85. The first kappa shape index (κ1) is 13.2. The molecule has 0 aromatic heterocycles. The number of hydrogen-bond donors (Lipinski definition) is 1. The van der Waals surface area contributed by atoms with Gasteiger partial charge in [0.05, 0.1) is 5.75 Å². The average Bonchev–Trinajstić information content (AvgIpc) is 2.34. The Morgan fingerprint density at radius 1 is 1.19 bits per heavy atom. The van der Waals surface area contributed by atoms with Gasteiger partial charge < -0.3 is 5.32 Å². The molecule has 0 unspecified atom stereocenters. The van der Waals surface area contributed by atoms with E-state index in [2.05, 4.69) is 41.6 Å². The topological polar surface area (TPSA) is 12.0 Å². The van der Waals surface area contributed by atoms with E-state index in [0.717, 1.165) is 31.0 Å². The minimum absolute atomic E-state index is 0.825. The van der Waals surface area contributed by atoms with Crippen LogP contribution >= 0.6 is 11.8 Å². The summed E-state index contributed by atoms with van der Waals surface area (Å²) in [5, 5.41) is 3.43. The molecule has 0 fully saturated rings. The highest BCUT2D eigenvalue weighted by Crippen LogP contribution is 2.01. The van der Waals surface area contributed by atoms with E-state index in [0.29, 0.717) is 0 Å². The third-order valence-corrected chi connectivity index (χ3v) is 3.13. The van der Waals surface area contributed by atoms with Crippen molar-refractivity contribution in [2.24, 2.45) is 0 Å². The summed E-state index contributed by atoms with van der Waals surface area (Å²) in [4.78, 5) is 0. The van der Waals surface area contributed by atoms with E-state index in [1.165, 1.54) is 12.0 Å². The molecule has 1 aromatic rings. The standard InChI is InChI=1S/C14H19NS/c1-2-12-16-13-11-15-10-6-9-14-7-4-3-5-8-14/h1,3-5,7-8,15H,6,9-13H2. The molecule has 0 bridgehead atoms. The van der Waals surface area contributed by atoms with Crippen molar-refractivity contribution in [3.8, 4) is 12.3 Å². The lowest BCUT2D eigenvalue weighted by atomic mass is 10.1. The number of benzene rings is 1. The van der Waals surface area contributed by atoms with E-state index in [1.54, 1.807) is 0 Å². The summed E-state index contributed by atoms with van der Waals surface area (Å²) in [5.41, 5.74) is 1.42. The summed E-state index contributed by atoms with van der Waals surface area (Å²) in [6.45, 7) is 2.15. The highest BCUT2D eigenvalue weighted by atomic mass is 32.2. The number of rotatable bonds is 8. The number of thioether (sulfide) groups is 1. The minimum Gasteiger partial charge on any atom is -0.316 e. The van der Waals surface area contributed by atoms with Gasteiger partial charge in [0.25, 0.3) is 0 Å². The van der Waals surface area contributed by atoms with Gasteiger partial charge in [-0.3, -0.25) is 0 Å². The lowest BCUT2D eigenvalue weighted by Gasteiger charge is -2.04. The van der Waals surface area contributed by atoms with Gasteiger partial charge in [0, 0.05) is 12.3 Å². The van der Waals surface area contributed by atoms with Crippen molar-refractivity contribution in [2.75, 3.05) is 24.6 Å². The van der Waals surface area contributed by atoms with Crippen molar-refractivity contribution in [3.63, 3.8) is 0 Å². The molecule has 1 nitrogen and oxygen atoms in total. The molecule has 0 aliphatic heterocycles. The number of nitrogens with one attached hydrogen (secondary N) is 1. The molecule has 0 saturated heterocycles. The molecule has 0 heterocycles. The van der Waals surface area contributed by atoms with Gasteiger partial charge in [-0.25, -0.2) is 0 Å². The summed E-state index contributed by atoms with van der Waals surface area (Å²) in [5.74, 6) is 4.56. The third-order valence-electron chi connectivity index (χ3n) is 2.27. The maximum absolute atomic E-state index is 5.16. The molecule has 0 aliphatic carbocycles. The molecule has 1 aromatic carbocycles. The zero-order valence-corrected chi connectivity index (χ0v) is 10.4. The van der Waals surface area contributed by atoms with Crippen LogP contribution in [0.4, 0.5) is 0 Å². The van der Waals surface area contributed by atoms with Crippen LogP contribution in [-0.2, 0) is 6.42 Å². The second kappa shape index (κ2) is 9.33. The van der Waals surface area contributed by atoms with Crippen LogP contribution in [0.5, 0.6) is 0 Å². The van der Waals surface area contributed by atoms with Crippen LogP contribution in [-0.4, -0.2) is 24.6 Å². The molecule has 1 N–H and O–H groups in total. The Labute approximate surface area is 103 Å². The summed E-state index contributed by atoms with van der Waals surface area (Å²) >= 11 is 1.81. The van der Waals surface area contributed by atoms with Crippen LogP contribution in [0.15, 0.2) is 30.3 Å². The van der Waals surface area contributed by atoms with E-state index in [9.17, 15) is 0 Å². The van der Waals surface area contributed by atoms with Crippen molar-refractivity contribution < 1.29 is 0 Å². The Morgan fingerprint density at radius 2 is 2.00 bits per heavy atom. The smallest absolute Gasteiger partial charge is 0.0545 e. The van der Waals surface area contributed by atoms with Gasteiger partial charge in [-0.05, 0) is 24.9 Å². The van der Waals surface area contributed by atoms with Crippen molar-refractivity contribution in [1.29, 1.82) is 0 Å². The molecule has 0 spiro atoms. The van der Waals surface area contributed by atoms with Crippen LogP contribution in [0.1, 0.15) is 12.0 Å². The second-order valence-electron chi connectivity index (χ2n) is 3.60. The van der Waals surface area contributed by atoms with Crippen molar-refractivity contribution in [3.05, 3.63) is 35.9 Å². The second-order valence-corrected chi connectivity index (χ2v) is 4.70. The maximum atomic E-state index is 5.16. The van der Waals surface area contributed by atoms with Crippen LogP contribution in [0.2, 0.25) is 0 Å². The molecule has 1 rings (SSSR count). The van der Waals surface area contributed by atoms with Crippen molar-refractivity contribution in [2.45, 2.75) is 12.8 Å². The molecular weight excluding hydrogens is 214 g/mol. The molecule has 0 amide bonds. The molecule has 0 saturated carbocycles. The first-order chi connectivity index (χ1) is 7.93. The molecule has 0 atom stereocenters. The van der Waals surface area contributed by atoms with Gasteiger partial charge in [0.15, 0.2) is 0 Å². The lowest BCUT2D eigenvalue weighted by molar-refractivity contribution is 0.676. The normalized spacial score (nSPS) is 9.94. The summed E-state index contributed by atoms with van der Waals surface area (Å²) < 4.78 is 0. The molecule has 16 heavy (non-hydrogen) atoms. The monoisotopic (exact) mass is 233 g/mol. The Bertz CT molecular complexity index is 302. The predicted octanol–water partition coefficient (Wildman–Crippen LogP) is 2.58. The van der Waals surface area contributed by atoms with E-state index in [1.807, 2.05) is 11.8 Å². The highest BCUT2D eigenvalue weighted by Gasteiger charge is 1.92. The molecular formula is C14H19NS. The average molecular weight is 233 g/mol. The number of hydrogen-bond acceptors (Lipinski definition) is 2. The summed E-state index contributed by atoms with van der Waals surface area (Å²) in [6.07, 6.45) is 7.52. The van der Waals surface area contributed by atoms with Crippen molar-refractivity contribution in [1.82, 2.24) is 5.32 Å². The molecule has 0 aliphatic rings. The Balaban J connectivity index is 1.91. The summed E-state index contributed by atoms with van der Waals surface area (Å²) in [7, 11) is 0. The van der Waals surface area contributed by atoms with Gasteiger partial charge in [-0.2, -0.15) is 0 Å². The largest absolute Gasteiger partial charge is 0.316 e. The maximum Gasteiger partial charge on any atom is 0.0545 e. The highest BCUT2D eigenvalue weighted by molar-refractivity contribution is 7.99. The Hall–Kier alpha value is -0.910. The quantitative estimate of drug-likeness (QED) is 0.547. The SMILES string of the molecule is C#CCSCCNCCCc1ccccc1. The fourth-order valence-electron chi connectivity index (χ4n) is 1.46. The molecule has 86 valence electrons. The van der Waals surface area contributed by atoms with Crippen molar-refractivity contribution >= 4 is 11.8 Å². The first-order valence-electron chi connectivity index (χ1n) is 5.69. The van der Waals surface area contributed by atoms with E-state index in [4.69, 9.17) is 6.42 Å². The zero-order valence-electron chi connectivity index (χ0n) is 9.61. The molecule has 0 radical (unpaired) electrons. The minimum atomic E-state index is 0.825. The van der Waals surface area contributed by atoms with Gasteiger partial charge in [0.2, 0.25) is 0 Å². The zero-order chi connectivity index (χ0) is 11.5. The fraction of sp³-hybridized carbons (Fsp3) is 0.429. The van der Waals surface area contributed by atoms with E-state index < -0.39 is 0 Å². The predicted molar refractivity (Wildman–Crippen MR) is 73.8 cm³/mol. The number of aryl methyl sites for hydroxylation is 1. The number of terminal acetylenes is 1. The fourth-order valence-corrected chi connectivity index (χ4v) is 2.01. The lowest BCUT2D eigenvalue weighted by Crippen LogP contribution is -2.19. The van der Waals surface area contributed by atoms with Crippen LogP contribution in [0, 0.1) is 12.3 Å². The Kier molecular flexibility index (Phi) is 7.67. The summed E-state index contributed by atoms with van der Waals surface area (Å²) in [6, 6.07) is 10.6. The van der Waals surface area contributed by atoms with E-state index in [-0.39, 0.29) is 0 Å². The van der Waals surface area contributed by atoms with Crippen LogP contribution in [0.3, 0.4) is 0 Å². The van der Waals surface area contributed by atoms with Crippen LogP contribution < -0.4 is 5.32 Å².